The van der Waals surface area contributed by atoms with E-state index in [1.54, 1.807) is 0 Å². The van der Waals surface area contributed by atoms with E-state index < -0.39 is 42.6 Å². The maximum Gasteiger partial charge on any atom is 0.509 e. The molecular weight excluding hydrogens is 292 g/mol. The van der Waals surface area contributed by atoms with Crippen molar-refractivity contribution in [1.82, 2.24) is 0 Å². The van der Waals surface area contributed by atoms with Gasteiger partial charge in [-0.1, -0.05) is 0 Å². The van der Waals surface area contributed by atoms with Gasteiger partial charge in [0.05, 0.1) is 0 Å². The first-order chi connectivity index (χ1) is 9.95. The van der Waals surface area contributed by atoms with E-state index in [-0.39, 0.29) is 19.8 Å². The Morgan fingerprint density at radius 3 is 2.10 bits per heavy atom. The number of ether oxygens (including phenoxy) is 6. The van der Waals surface area contributed by atoms with E-state index in [0.717, 1.165) is 0 Å². The lowest BCUT2D eigenvalue weighted by Crippen LogP contribution is -2.33. The van der Waals surface area contributed by atoms with E-state index in [4.69, 9.17) is 9.47 Å². The summed E-state index contributed by atoms with van der Waals surface area (Å²) in [5, 5.41) is 0. The average Bonchev–Trinajstić information content (AvgIpc) is 3.04. The molecule has 2 fully saturated rings. The number of hydrogen-bond donors (Lipinski definition) is 0. The molecule has 0 amide bonds. The Morgan fingerprint density at radius 1 is 1.10 bits per heavy atom. The molecule has 2 aliphatic rings. The van der Waals surface area contributed by atoms with Gasteiger partial charge in [0.15, 0.2) is 0 Å². The molecule has 3 unspecified atom stereocenters. The van der Waals surface area contributed by atoms with Crippen LogP contribution in [0.4, 0.5) is 9.59 Å². The van der Waals surface area contributed by atoms with Gasteiger partial charge in [-0.25, -0.2) is 19.2 Å². The second-order valence-corrected chi connectivity index (χ2v) is 4.21. The van der Waals surface area contributed by atoms with Gasteiger partial charge in [-0.2, -0.15) is 0 Å². The van der Waals surface area contributed by atoms with Crippen LogP contribution in [0.25, 0.3) is 0 Å². The third-order valence-electron chi connectivity index (χ3n) is 2.49. The van der Waals surface area contributed by atoms with E-state index in [2.05, 4.69) is 18.9 Å². The Morgan fingerprint density at radius 2 is 1.62 bits per heavy atom. The summed E-state index contributed by atoms with van der Waals surface area (Å²) in [5.74, 6) is -1.61. The van der Waals surface area contributed by atoms with Gasteiger partial charge in [-0.05, 0) is 6.92 Å². The van der Waals surface area contributed by atoms with Gasteiger partial charge in [0.1, 0.15) is 25.9 Å². The Kier molecular flexibility index (Phi) is 4.45. The van der Waals surface area contributed by atoms with Crippen molar-refractivity contribution in [2.24, 2.45) is 0 Å². The Bertz CT molecular complexity index is 458. The van der Waals surface area contributed by atoms with Gasteiger partial charge in [0.2, 0.25) is 12.2 Å². The number of rotatable bonds is 5. The van der Waals surface area contributed by atoms with E-state index in [1.807, 2.05) is 0 Å². The quantitative estimate of drug-likeness (QED) is 0.486. The van der Waals surface area contributed by atoms with Crippen LogP contribution < -0.4 is 0 Å². The van der Waals surface area contributed by atoms with Gasteiger partial charge in [-0.3, -0.25) is 0 Å². The lowest BCUT2D eigenvalue weighted by molar-refractivity contribution is -0.166. The Labute approximate surface area is 118 Å². The molecule has 2 heterocycles. The molecule has 3 atom stereocenters. The molecule has 2 saturated heterocycles. The zero-order valence-electron chi connectivity index (χ0n) is 10.9. The largest absolute Gasteiger partial charge is 0.509 e. The van der Waals surface area contributed by atoms with E-state index in [1.165, 1.54) is 6.92 Å². The van der Waals surface area contributed by atoms with Gasteiger partial charge in [0.25, 0.3) is 0 Å². The van der Waals surface area contributed by atoms with E-state index in [9.17, 15) is 19.2 Å². The molecule has 2 rings (SSSR count). The van der Waals surface area contributed by atoms with E-state index >= 15 is 0 Å². The number of carbonyl (C=O) groups is 4. The number of carbonyl (C=O) groups excluding carboxylic acids is 4. The smallest absolute Gasteiger partial charge is 0.459 e. The molecule has 0 aromatic rings. The van der Waals surface area contributed by atoms with Crippen molar-refractivity contribution in [3.63, 3.8) is 0 Å². The predicted molar refractivity (Wildman–Crippen MR) is 59.0 cm³/mol. The Hall–Kier alpha value is -2.52. The first kappa shape index (κ1) is 14.9. The molecule has 116 valence electrons. The molecule has 0 aromatic carbocycles. The van der Waals surface area contributed by atoms with Crippen LogP contribution in [-0.2, 0) is 38.0 Å². The molecule has 21 heavy (non-hydrogen) atoms. The van der Waals surface area contributed by atoms with Crippen LogP contribution >= 0.6 is 0 Å². The summed E-state index contributed by atoms with van der Waals surface area (Å²) in [5.41, 5.74) is 0. The highest BCUT2D eigenvalue weighted by molar-refractivity contribution is 5.80. The maximum absolute atomic E-state index is 11.5. The highest BCUT2D eigenvalue weighted by atomic mass is 16.8. The minimum absolute atomic E-state index is 0.221. The minimum atomic E-state index is -1.13. The second kappa shape index (κ2) is 6.29. The van der Waals surface area contributed by atoms with Crippen molar-refractivity contribution in [2.45, 2.75) is 25.2 Å². The summed E-state index contributed by atoms with van der Waals surface area (Å²) in [6.07, 6.45) is -4.92. The fourth-order valence-corrected chi connectivity index (χ4v) is 1.49. The monoisotopic (exact) mass is 304 g/mol. The van der Waals surface area contributed by atoms with Crippen LogP contribution in [0.15, 0.2) is 0 Å². The molecule has 0 N–H and O–H groups in total. The van der Waals surface area contributed by atoms with Crippen LogP contribution in [0.3, 0.4) is 0 Å². The molecule has 0 bridgehead atoms. The first-order valence-corrected chi connectivity index (χ1v) is 5.99. The SMILES string of the molecule is CC(COC(=O)C1COC(=O)O1)OC(=O)C1COC(=O)O1. The molecule has 0 spiro atoms. The fourth-order valence-electron chi connectivity index (χ4n) is 1.49. The highest BCUT2D eigenvalue weighted by Gasteiger charge is 2.35. The summed E-state index contributed by atoms with van der Waals surface area (Å²) in [4.78, 5) is 44.3. The van der Waals surface area contributed by atoms with Gasteiger partial charge in [-0.15, -0.1) is 0 Å². The fraction of sp³-hybridized carbons (Fsp3) is 0.636. The second-order valence-electron chi connectivity index (χ2n) is 4.21. The lowest BCUT2D eigenvalue weighted by atomic mass is 10.3. The molecule has 10 nitrogen and oxygen atoms in total. The number of esters is 2. The van der Waals surface area contributed by atoms with Crippen molar-refractivity contribution in [3.05, 3.63) is 0 Å². The standard InChI is InChI=1S/C11H12O10/c1-5(19-9(13)7-4-18-11(15)21-7)2-16-8(12)6-3-17-10(14)20-6/h5-7H,2-4H2,1H3. The molecule has 0 radical (unpaired) electrons. The lowest BCUT2D eigenvalue weighted by Gasteiger charge is -2.15. The van der Waals surface area contributed by atoms with E-state index in [0.29, 0.717) is 0 Å². The summed E-state index contributed by atoms with van der Waals surface area (Å²) in [6.45, 7) is 0.779. The minimum Gasteiger partial charge on any atom is -0.459 e. The molecule has 2 aliphatic heterocycles. The van der Waals surface area contributed by atoms with Crippen molar-refractivity contribution in [3.8, 4) is 0 Å². The molecule has 0 aromatic heterocycles. The maximum atomic E-state index is 11.5. The van der Waals surface area contributed by atoms with Crippen LogP contribution in [0.1, 0.15) is 6.92 Å². The first-order valence-electron chi connectivity index (χ1n) is 5.99. The van der Waals surface area contributed by atoms with Gasteiger partial charge >= 0.3 is 24.2 Å². The average molecular weight is 304 g/mol. The third kappa shape index (κ3) is 3.97. The van der Waals surface area contributed by atoms with Crippen molar-refractivity contribution >= 4 is 24.2 Å². The van der Waals surface area contributed by atoms with Crippen LogP contribution in [0.5, 0.6) is 0 Å². The third-order valence-corrected chi connectivity index (χ3v) is 2.49. The topological polar surface area (TPSA) is 124 Å². The summed E-state index contributed by atoms with van der Waals surface area (Å²) in [7, 11) is 0. The predicted octanol–water partition coefficient (Wildman–Crippen LogP) is -0.468. The summed E-state index contributed by atoms with van der Waals surface area (Å²) in [6, 6.07) is 0. The Balaban J connectivity index is 1.68. The molecule has 0 aliphatic carbocycles. The zero-order valence-corrected chi connectivity index (χ0v) is 10.9. The zero-order chi connectivity index (χ0) is 15.4. The highest BCUT2D eigenvalue weighted by Crippen LogP contribution is 2.11. The van der Waals surface area contributed by atoms with Crippen LogP contribution in [0.2, 0.25) is 0 Å². The molecular formula is C11H12O10. The van der Waals surface area contributed by atoms with Crippen molar-refractivity contribution in [1.29, 1.82) is 0 Å². The van der Waals surface area contributed by atoms with Crippen molar-refractivity contribution < 1.29 is 47.6 Å². The number of cyclic esters (lactones) is 4. The molecule has 0 saturated carbocycles. The summed E-state index contributed by atoms with van der Waals surface area (Å²) < 4.78 is 27.6. The van der Waals surface area contributed by atoms with Gasteiger partial charge in [0, 0.05) is 0 Å². The normalized spacial score (nSPS) is 25.2. The molecule has 10 heteroatoms. The van der Waals surface area contributed by atoms with Gasteiger partial charge < -0.3 is 28.4 Å². The van der Waals surface area contributed by atoms with Crippen LogP contribution in [0, 0.1) is 0 Å². The van der Waals surface area contributed by atoms with Crippen LogP contribution in [-0.4, -0.2) is 62.4 Å². The number of hydrogen-bond acceptors (Lipinski definition) is 10. The summed E-state index contributed by atoms with van der Waals surface area (Å²) >= 11 is 0. The van der Waals surface area contributed by atoms with Crippen molar-refractivity contribution in [2.75, 3.05) is 19.8 Å².